The van der Waals surface area contributed by atoms with Crippen molar-refractivity contribution in [1.29, 1.82) is 0 Å². The molecule has 0 aromatic rings. The number of hydrogen-bond acceptors (Lipinski definition) is 4. The number of hydrogen-bond donors (Lipinski definition) is 1. The lowest BCUT2D eigenvalue weighted by Gasteiger charge is -2.43. The number of carbonyl (C=O) groups is 1. The highest BCUT2D eigenvalue weighted by atomic mass is 16.5. The maximum Gasteiger partial charge on any atom is 0.241 e. The van der Waals surface area contributed by atoms with Gasteiger partial charge in [-0.05, 0) is 6.42 Å². The van der Waals surface area contributed by atoms with Crippen molar-refractivity contribution in [2.75, 3.05) is 53.0 Å². The summed E-state index contributed by atoms with van der Waals surface area (Å²) in [4.78, 5) is 16.4. The van der Waals surface area contributed by atoms with Crippen LogP contribution in [0.15, 0.2) is 0 Å². The lowest BCUT2D eigenvalue weighted by Crippen LogP contribution is -2.64. The summed E-state index contributed by atoms with van der Waals surface area (Å²) in [7, 11) is 1.70. The summed E-state index contributed by atoms with van der Waals surface area (Å²) in [5.74, 6) is 0.287. The molecule has 5 nitrogen and oxygen atoms in total. The zero-order valence-corrected chi connectivity index (χ0v) is 9.95. The summed E-state index contributed by atoms with van der Waals surface area (Å²) in [6.07, 6.45) is 0.933. The monoisotopic (exact) mass is 227 g/mol. The molecular weight excluding hydrogens is 206 g/mol. The van der Waals surface area contributed by atoms with Gasteiger partial charge in [-0.1, -0.05) is 0 Å². The van der Waals surface area contributed by atoms with Crippen LogP contribution < -0.4 is 5.32 Å². The van der Waals surface area contributed by atoms with Gasteiger partial charge >= 0.3 is 0 Å². The molecule has 1 amide bonds. The van der Waals surface area contributed by atoms with Crippen LogP contribution in [0.2, 0.25) is 0 Å². The smallest absolute Gasteiger partial charge is 0.241 e. The lowest BCUT2D eigenvalue weighted by molar-refractivity contribution is -0.142. The van der Waals surface area contributed by atoms with Gasteiger partial charge in [0.15, 0.2) is 0 Å². The molecule has 0 radical (unpaired) electrons. The molecule has 2 heterocycles. The van der Waals surface area contributed by atoms with Gasteiger partial charge in [-0.25, -0.2) is 0 Å². The second kappa shape index (κ2) is 5.61. The molecule has 1 atom stereocenters. The van der Waals surface area contributed by atoms with Crippen molar-refractivity contribution in [3.8, 4) is 0 Å². The summed E-state index contributed by atoms with van der Waals surface area (Å²) >= 11 is 0. The first-order chi connectivity index (χ1) is 7.83. The highest BCUT2D eigenvalue weighted by molar-refractivity contribution is 5.83. The fraction of sp³-hybridized carbons (Fsp3) is 0.909. The fourth-order valence-corrected chi connectivity index (χ4v) is 2.45. The van der Waals surface area contributed by atoms with Crippen LogP contribution in [-0.2, 0) is 9.53 Å². The van der Waals surface area contributed by atoms with Crippen molar-refractivity contribution < 1.29 is 9.53 Å². The molecule has 2 rings (SSSR count). The van der Waals surface area contributed by atoms with Crippen LogP contribution in [0.25, 0.3) is 0 Å². The zero-order valence-electron chi connectivity index (χ0n) is 9.95. The highest BCUT2D eigenvalue weighted by Crippen LogP contribution is 2.13. The molecule has 0 bridgehead atoms. The second-order valence-electron chi connectivity index (χ2n) is 4.43. The fourth-order valence-electron chi connectivity index (χ4n) is 2.45. The molecule has 2 saturated heterocycles. The molecule has 1 unspecified atom stereocenters. The van der Waals surface area contributed by atoms with E-state index in [-0.39, 0.29) is 11.9 Å². The van der Waals surface area contributed by atoms with E-state index in [0.717, 1.165) is 52.3 Å². The lowest BCUT2D eigenvalue weighted by atomic mass is 10.1. The Kier molecular flexibility index (Phi) is 4.15. The number of fused-ring (bicyclic) bond motifs is 1. The number of nitrogens with zero attached hydrogens (tertiary/aromatic N) is 2. The number of ether oxygens (including phenoxy) is 1. The number of rotatable bonds is 4. The number of piperazine rings is 2. The van der Waals surface area contributed by atoms with E-state index < -0.39 is 0 Å². The molecular formula is C11H21N3O2. The summed E-state index contributed by atoms with van der Waals surface area (Å²) in [5.41, 5.74) is 0. The Morgan fingerprint density at radius 3 is 3.12 bits per heavy atom. The predicted molar refractivity (Wildman–Crippen MR) is 61.3 cm³/mol. The SMILES string of the molecule is COCCCN1CCN2CCNCC2C1=O. The molecule has 5 heteroatoms. The minimum atomic E-state index is 0.0741. The third-order valence-corrected chi connectivity index (χ3v) is 3.38. The van der Waals surface area contributed by atoms with E-state index in [9.17, 15) is 4.79 Å². The van der Waals surface area contributed by atoms with Crippen molar-refractivity contribution in [3.05, 3.63) is 0 Å². The summed E-state index contributed by atoms with van der Waals surface area (Å²) in [6.45, 7) is 6.27. The van der Waals surface area contributed by atoms with E-state index in [0.29, 0.717) is 0 Å². The summed E-state index contributed by atoms with van der Waals surface area (Å²) in [5, 5.41) is 3.29. The van der Waals surface area contributed by atoms with Crippen LogP contribution in [0.4, 0.5) is 0 Å². The molecule has 0 saturated carbocycles. The second-order valence-corrected chi connectivity index (χ2v) is 4.43. The molecule has 0 spiro atoms. The van der Waals surface area contributed by atoms with E-state index in [1.165, 1.54) is 0 Å². The van der Waals surface area contributed by atoms with Gasteiger partial charge in [0.05, 0.1) is 0 Å². The highest BCUT2D eigenvalue weighted by Gasteiger charge is 2.35. The van der Waals surface area contributed by atoms with Crippen molar-refractivity contribution in [2.45, 2.75) is 12.5 Å². The van der Waals surface area contributed by atoms with Gasteiger partial charge in [0, 0.05) is 53.0 Å². The summed E-state index contributed by atoms with van der Waals surface area (Å²) in [6, 6.07) is 0.0741. The first kappa shape index (κ1) is 11.8. The Morgan fingerprint density at radius 1 is 1.44 bits per heavy atom. The van der Waals surface area contributed by atoms with Crippen LogP contribution in [-0.4, -0.2) is 74.7 Å². The van der Waals surface area contributed by atoms with E-state index in [1.807, 2.05) is 4.90 Å². The van der Waals surface area contributed by atoms with Gasteiger partial charge < -0.3 is 15.0 Å². The molecule has 2 fully saturated rings. The minimum Gasteiger partial charge on any atom is -0.385 e. The quantitative estimate of drug-likeness (QED) is 0.635. The number of methoxy groups -OCH3 is 1. The van der Waals surface area contributed by atoms with Crippen molar-refractivity contribution >= 4 is 5.91 Å². The van der Waals surface area contributed by atoms with E-state index >= 15 is 0 Å². The Hall–Kier alpha value is -0.650. The average molecular weight is 227 g/mol. The third kappa shape index (κ3) is 2.53. The Labute approximate surface area is 96.7 Å². The van der Waals surface area contributed by atoms with Gasteiger partial charge in [0.2, 0.25) is 5.91 Å². The maximum absolute atomic E-state index is 12.2. The third-order valence-electron chi connectivity index (χ3n) is 3.38. The molecule has 16 heavy (non-hydrogen) atoms. The van der Waals surface area contributed by atoms with Crippen LogP contribution in [0.1, 0.15) is 6.42 Å². The van der Waals surface area contributed by atoms with Crippen molar-refractivity contribution in [2.24, 2.45) is 0 Å². The number of nitrogens with one attached hydrogen (secondary N) is 1. The standard InChI is InChI=1S/C11H21N3O2/c1-16-8-2-4-14-7-6-13-5-3-12-9-10(13)11(14)15/h10,12H,2-9H2,1H3. The molecule has 0 aliphatic carbocycles. The van der Waals surface area contributed by atoms with Gasteiger partial charge in [-0.2, -0.15) is 0 Å². The van der Waals surface area contributed by atoms with Gasteiger partial charge in [0.25, 0.3) is 0 Å². The summed E-state index contributed by atoms with van der Waals surface area (Å²) < 4.78 is 5.01. The van der Waals surface area contributed by atoms with Crippen molar-refractivity contribution in [3.63, 3.8) is 0 Å². The van der Waals surface area contributed by atoms with Crippen LogP contribution in [0, 0.1) is 0 Å². The zero-order chi connectivity index (χ0) is 11.4. The van der Waals surface area contributed by atoms with Crippen LogP contribution >= 0.6 is 0 Å². The Bertz CT molecular complexity index is 245. The van der Waals surface area contributed by atoms with Crippen molar-refractivity contribution in [1.82, 2.24) is 15.1 Å². The molecule has 92 valence electrons. The van der Waals surface area contributed by atoms with E-state index in [4.69, 9.17) is 4.74 Å². The first-order valence-corrected chi connectivity index (χ1v) is 6.05. The Morgan fingerprint density at radius 2 is 2.31 bits per heavy atom. The topological polar surface area (TPSA) is 44.8 Å². The molecule has 0 aromatic heterocycles. The van der Waals surface area contributed by atoms with Gasteiger partial charge in [-0.15, -0.1) is 0 Å². The minimum absolute atomic E-state index is 0.0741. The maximum atomic E-state index is 12.2. The molecule has 0 aromatic carbocycles. The first-order valence-electron chi connectivity index (χ1n) is 6.05. The van der Waals surface area contributed by atoms with E-state index in [1.54, 1.807) is 7.11 Å². The number of carbonyl (C=O) groups excluding carboxylic acids is 1. The molecule has 2 aliphatic rings. The van der Waals surface area contributed by atoms with Gasteiger partial charge in [0.1, 0.15) is 6.04 Å². The average Bonchev–Trinajstić information content (AvgIpc) is 2.33. The van der Waals surface area contributed by atoms with E-state index in [2.05, 4.69) is 10.2 Å². The molecule has 2 aliphatic heterocycles. The predicted octanol–water partition coefficient (Wildman–Crippen LogP) is -0.861. The number of amides is 1. The van der Waals surface area contributed by atoms with Crippen LogP contribution in [0.5, 0.6) is 0 Å². The largest absolute Gasteiger partial charge is 0.385 e. The Balaban J connectivity index is 1.85. The molecule has 1 N–H and O–H groups in total. The normalized spacial score (nSPS) is 26.9. The van der Waals surface area contributed by atoms with Crippen LogP contribution in [0.3, 0.4) is 0 Å². The van der Waals surface area contributed by atoms with Gasteiger partial charge in [-0.3, -0.25) is 9.69 Å².